The summed E-state index contributed by atoms with van der Waals surface area (Å²) in [6.45, 7) is 2.06. The quantitative estimate of drug-likeness (QED) is 0.813. The highest BCUT2D eigenvalue weighted by Crippen LogP contribution is 2.35. The number of hydrogen-bond donors (Lipinski definition) is 1. The Balaban J connectivity index is 1.90. The van der Waals surface area contributed by atoms with E-state index in [9.17, 15) is 0 Å². The minimum absolute atomic E-state index is 0.906. The molecule has 3 rings (SSSR count). The lowest BCUT2D eigenvalue weighted by molar-refractivity contribution is 0.911. The molecule has 0 fully saturated rings. The Morgan fingerprint density at radius 3 is 2.78 bits per heavy atom. The number of benzene rings is 2. The van der Waals surface area contributed by atoms with Gasteiger partial charge < -0.3 is 5.73 Å². The van der Waals surface area contributed by atoms with Gasteiger partial charge in [0.05, 0.1) is 0 Å². The number of anilines is 1. The van der Waals surface area contributed by atoms with E-state index in [0.29, 0.717) is 0 Å². The molecule has 18 heavy (non-hydrogen) atoms. The van der Waals surface area contributed by atoms with Crippen molar-refractivity contribution in [1.29, 1.82) is 0 Å². The summed E-state index contributed by atoms with van der Waals surface area (Å²) in [4.78, 5) is 2.46. The average Bonchev–Trinajstić information content (AvgIpc) is 2.82. The lowest BCUT2D eigenvalue weighted by Crippen LogP contribution is -1.92. The minimum atomic E-state index is 0.906. The van der Waals surface area contributed by atoms with Gasteiger partial charge in [0, 0.05) is 15.5 Å². The summed E-state index contributed by atoms with van der Waals surface area (Å²) in [5, 5.41) is 0. The largest absolute Gasteiger partial charge is 0.398 e. The molecule has 2 N–H and O–H groups in total. The SMILES string of the molecule is Cc1cccc(Sc2ccc3c(c2)CCC3)c1N. The van der Waals surface area contributed by atoms with Crippen LogP contribution in [0.4, 0.5) is 5.69 Å². The number of nitrogen functional groups attached to an aromatic ring is 1. The molecule has 2 aromatic carbocycles. The first-order valence-corrected chi connectivity index (χ1v) is 7.20. The molecule has 0 bridgehead atoms. The maximum Gasteiger partial charge on any atom is 0.0485 e. The van der Waals surface area contributed by atoms with Gasteiger partial charge in [-0.1, -0.05) is 30.0 Å². The lowest BCUT2D eigenvalue weighted by Gasteiger charge is -2.09. The van der Waals surface area contributed by atoms with Gasteiger partial charge in [-0.15, -0.1) is 0 Å². The van der Waals surface area contributed by atoms with Gasteiger partial charge in [-0.2, -0.15) is 0 Å². The molecule has 1 nitrogen and oxygen atoms in total. The second kappa shape index (κ2) is 4.69. The number of nitrogens with two attached hydrogens (primary N) is 1. The van der Waals surface area contributed by atoms with Crippen LogP contribution in [0.25, 0.3) is 0 Å². The molecule has 2 heteroatoms. The van der Waals surface area contributed by atoms with Gasteiger partial charge in [-0.3, -0.25) is 0 Å². The van der Waals surface area contributed by atoms with Crippen LogP contribution in [0.5, 0.6) is 0 Å². The third-order valence-corrected chi connectivity index (χ3v) is 4.65. The smallest absolute Gasteiger partial charge is 0.0485 e. The summed E-state index contributed by atoms with van der Waals surface area (Å²) in [7, 11) is 0. The first-order valence-electron chi connectivity index (χ1n) is 6.39. The van der Waals surface area contributed by atoms with Crippen LogP contribution in [0.1, 0.15) is 23.1 Å². The highest BCUT2D eigenvalue weighted by atomic mass is 32.2. The van der Waals surface area contributed by atoms with E-state index >= 15 is 0 Å². The second-order valence-electron chi connectivity index (χ2n) is 4.87. The molecule has 1 aliphatic rings. The molecule has 0 atom stereocenters. The summed E-state index contributed by atoms with van der Waals surface area (Å²) in [6.07, 6.45) is 3.77. The van der Waals surface area contributed by atoms with E-state index in [2.05, 4.69) is 43.3 Å². The van der Waals surface area contributed by atoms with Crippen molar-refractivity contribution in [2.45, 2.75) is 36.0 Å². The van der Waals surface area contributed by atoms with Crippen LogP contribution in [0.2, 0.25) is 0 Å². The Morgan fingerprint density at radius 1 is 1.06 bits per heavy atom. The van der Waals surface area contributed by atoms with Gasteiger partial charge in [0.25, 0.3) is 0 Å². The monoisotopic (exact) mass is 255 g/mol. The van der Waals surface area contributed by atoms with Crippen molar-refractivity contribution in [3.63, 3.8) is 0 Å². The summed E-state index contributed by atoms with van der Waals surface area (Å²) < 4.78 is 0. The molecule has 0 saturated heterocycles. The summed E-state index contributed by atoms with van der Waals surface area (Å²) >= 11 is 1.77. The van der Waals surface area contributed by atoms with Crippen molar-refractivity contribution < 1.29 is 0 Å². The van der Waals surface area contributed by atoms with E-state index in [1.165, 1.54) is 35.3 Å². The molecule has 0 amide bonds. The summed E-state index contributed by atoms with van der Waals surface area (Å²) in [5.74, 6) is 0. The maximum absolute atomic E-state index is 6.12. The lowest BCUT2D eigenvalue weighted by atomic mass is 10.1. The third kappa shape index (κ3) is 2.13. The fourth-order valence-corrected chi connectivity index (χ4v) is 3.49. The van der Waals surface area contributed by atoms with Gasteiger partial charge in [-0.25, -0.2) is 0 Å². The summed E-state index contributed by atoms with van der Waals surface area (Å²) in [6, 6.07) is 13.0. The number of para-hydroxylation sites is 1. The third-order valence-electron chi connectivity index (χ3n) is 3.58. The van der Waals surface area contributed by atoms with Crippen LogP contribution < -0.4 is 5.73 Å². The van der Waals surface area contributed by atoms with Crippen molar-refractivity contribution in [2.75, 3.05) is 5.73 Å². The predicted octanol–water partition coefficient (Wildman–Crippen LogP) is 4.22. The molecule has 0 saturated carbocycles. The Hall–Kier alpha value is -1.41. The van der Waals surface area contributed by atoms with Gasteiger partial charge in [0.2, 0.25) is 0 Å². The molecule has 0 spiro atoms. The molecule has 0 radical (unpaired) electrons. The number of aryl methyl sites for hydroxylation is 3. The van der Waals surface area contributed by atoms with E-state index in [0.717, 1.165) is 16.1 Å². The molecule has 0 aliphatic heterocycles. The highest BCUT2D eigenvalue weighted by molar-refractivity contribution is 7.99. The predicted molar refractivity (Wildman–Crippen MR) is 78.2 cm³/mol. The maximum atomic E-state index is 6.12. The van der Waals surface area contributed by atoms with Crippen molar-refractivity contribution in [3.8, 4) is 0 Å². The van der Waals surface area contributed by atoms with E-state index in [1.807, 2.05) is 0 Å². The molecule has 2 aromatic rings. The van der Waals surface area contributed by atoms with Crippen LogP contribution in [0.15, 0.2) is 46.2 Å². The molecule has 0 heterocycles. The number of fused-ring (bicyclic) bond motifs is 1. The van der Waals surface area contributed by atoms with Crippen molar-refractivity contribution in [3.05, 3.63) is 53.1 Å². The van der Waals surface area contributed by atoms with E-state index in [1.54, 1.807) is 11.8 Å². The van der Waals surface area contributed by atoms with Crippen LogP contribution >= 0.6 is 11.8 Å². The topological polar surface area (TPSA) is 26.0 Å². The van der Waals surface area contributed by atoms with Crippen LogP contribution in [0.3, 0.4) is 0 Å². The molecule has 0 unspecified atom stereocenters. The van der Waals surface area contributed by atoms with Gasteiger partial charge in [0.1, 0.15) is 0 Å². The van der Waals surface area contributed by atoms with Crippen molar-refractivity contribution in [2.24, 2.45) is 0 Å². The Labute approximate surface area is 112 Å². The first kappa shape index (κ1) is 11.7. The van der Waals surface area contributed by atoms with Gasteiger partial charge in [0.15, 0.2) is 0 Å². The zero-order valence-electron chi connectivity index (χ0n) is 10.6. The fraction of sp³-hybridized carbons (Fsp3) is 0.250. The Morgan fingerprint density at radius 2 is 1.89 bits per heavy atom. The van der Waals surface area contributed by atoms with Crippen molar-refractivity contribution in [1.82, 2.24) is 0 Å². The standard InChI is InChI=1S/C16H17NS/c1-11-4-2-7-15(16(11)17)18-14-9-8-12-5-3-6-13(12)10-14/h2,4,7-10H,3,5-6,17H2,1H3. The van der Waals surface area contributed by atoms with Gasteiger partial charge >= 0.3 is 0 Å². The summed E-state index contributed by atoms with van der Waals surface area (Å²) in [5.41, 5.74) is 11.2. The molecule has 1 aliphatic carbocycles. The molecular formula is C16H17NS. The molecule has 0 aromatic heterocycles. The minimum Gasteiger partial charge on any atom is -0.398 e. The van der Waals surface area contributed by atoms with Crippen LogP contribution in [-0.4, -0.2) is 0 Å². The Kier molecular flexibility index (Phi) is 3.04. The van der Waals surface area contributed by atoms with E-state index in [-0.39, 0.29) is 0 Å². The Bertz CT molecular complexity index is 590. The normalized spacial score (nSPS) is 13.6. The zero-order valence-corrected chi connectivity index (χ0v) is 11.4. The number of hydrogen-bond acceptors (Lipinski definition) is 2. The van der Waals surface area contributed by atoms with Crippen LogP contribution in [0, 0.1) is 6.92 Å². The second-order valence-corrected chi connectivity index (χ2v) is 5.99. The fourth-order valence-electron chi connectivity index (χ4n) is 2.48. The zero-order chi connectivity index (χ0) is 12.5. The van der Waals surface area contributed by atoms with Gasteiger partial charge in [-0.05, 0) is 61.1 Å². The average molecular weight is 255 g/mol. The highest BCUT2D eigenvalue weighted by Gasteiger charge is 2.11. The first-order chi connectivity index (χ1) is 8.74. The van der Waals surface area contributed by atoms with Crippen molar-refractivity contribution >= 4 is 17.4 Å². The molecular weight excluding hydrogens is 238 g/mol. The van der Waals surface area contributed by atoms with E-state index in [4.69, 9.17) is 5.73 Å². The molecule has 92 valence electrons. The van der Waals surface area contributed by atoms with E-state index < -0.39 is 0 Å². The van der Waals surface area contributed by atoms with Crippen LogP contribution in [-0.2, 0) is 12.8 Å². The number of rotatable bonds is 2.